The second kappa shape index (κ2) is 11.0. The van der Waals surface area contributed by atoms with Crippen LogP contribution in [0.25, 0.3) is 22.3 Å². The van der Waals surface area contributed by atoms with E-state index in [2.05, 4.69) is 18.7 Å². The fourth-order valence-electron chi connectivity index (χ4n) is 3.63. The summed E-state index contributed by atoms with van der Waals surface area (Å²) in [6, 6.07) is 13.3. The van der Waals surface area contributed by atoms with Crippen molar-refractivity contribution < 1.29 is 14.3 Å². The van der Waals surface area contributed by atoms with Gasteiger partial charge in [0, 0.05) is 30.9 Å². The van der Waals surface area contributed by atoms with E-state index >= 15 is 0 Å². The summed E-state index contributed by atoms with van der Waals surface area (Å²) < 4.78 is 11.4. The highest BCUT2D eigenvalue weighted by Gasteiger charge is 2.16. The van der Waals surface area contributed by atoms with Crippen LogP contribution < -0.4 is 10.3 Å². The van der Waals surface area contributed by atoms with Crippen LogP contribution in [0.2, 0.25) is 0 Å². The lowest BCUT2D eigenvalue weighted by Crippen LogP contribution is -2.25. The highest BCUT2D eigenvalue weighted by molar-refractivity contribution is 5.82. The Bertz CT molecular complexity index is 1030. The van der Waals surface area contributed by atoms with Gasteiger partial charge in [0.1, 0.15) is 5.58 Å². The second-order valence-corrected chi connectivity index (χ2v) is 7.82. The van der Waals surface area contributed by atoms with Crippen molar-refractivity contribution in [2.45, 2.75) is 53.1 Å². The number of benzene rings is 2. The molecule has 0 unspecified atom stereocenters. The summed E-state index contributed by atoms with van der Waals surface area (Å²) in [7, 11) is 0. The first-order valence-electron chi connectivity index (χ1n) is 11.3. The minimum Gasteiger partial charge on any atom is -0.502 e. The minimum atomic E-state index is -0.425. The van der Waals surface area contributed by atoms with Crippen molar-refractivity contribution in [3.63, 3.8) is 0 Å². The third-order valence-electron chi connectivity index (χ3n) is 5.46. The molecule has 0 aliphatic heterocycles. The number of anilines is 1. The van der Waals surface area contributed by atoms with Crippen molar-refractivity contribution in [3.05, 3.63) is 58.3 Å². The molecule has 3 aromatic rings. The molecule has 1 aromatic heterocycles. The van der Waals surface area contributed by atoms with Crippen molar-refractivity contribution in [1.29, 1.82) is 0 Å². The van der Waals surface area contributed by atoms with Crippen molar-refractivity contribution in [2.24, 2.45) is 0 Å². The molecule has 0 amide bonds. The number of nitrogens with zero attached hydrogens (tertiary/aromatic N) is 1. The molecule has 0 aliphatic carbocycles. The third kappa shape index (κ3) is 5.47. The first-order chi connectivity index (χ1) is 15.1. The van der Waals surface area contributed by atoms with E-state index in [-0.39, 0.29) is 11.5 Å². The molecule has 0 saturated carbocycles. The molecule has 5 heteroatoms. The number of unbranched alkanes of at least 4 members (excludes halogenated alkanes) is 2. The van der Waals surface area contributed by atoms with E-state index in [1.165, 1.54) is 0 Å². The van der Waals surface area contributed by atoms with Crippen LogP contribution in [0.1, 0.15) is 52.0 Å². The monoisotopic (exact) mass is 423 g/mol. The zero-order valence-corrected chi connectivity index (χ0v) is 18.8. The van der Waals surface area contributed by atoms with Gasteiger partial charge in [-0.2, -0.15) is 0 Å². The van der Waals surface area contributed by atoms with Gasteiger partial charge in [0.25, 0.3) is 0 Å². The Labute approximate surface area is 184 Å². The average molecular weight is 424 g/mol. The lowest BCUT2D eigenvalue weighted by Gasteiger charge is -2.25. The number of fused-ring (bicyclic) bond motifs is 1. The molecule has 31 heavy (non-hydrogen) atoms. The summed E-state index contributed by atoms with van der Waals surface area (Å²) in [6.07, 6.45) is 4.61. The number of aromatic hydroxyl groups is 1. The summed E-state index contributed by atoms with van der Waals surface area (Å²) in [6.45, 7) is 9.39. The lowest BCUT2D eigenvalue weighted by molar-refractivity contribution is 0.134. The maximum atomic E-state index is 12.8. The highest BCUT2D eigenvalue weighted by atomic mass is 16.5. The van der Waals surface area contributed by atoms with Crippen LogP contribution in [0.15, 0.2) is 51.7 Å². The van der Waals surface area contributed by atoms with E-state index in [0.717, 1.165) is 50.0 Å². The van der Waals surface area contributed by atoms with E-state index in [1.54, 1.807) is 12.1 Å². The van der Waals surface area contributed by atoms with Crippen LogP contribution in [0.3, 0.4) is 0 Å². The summed E-state index contributed by atoms with van der Waals surface area (Å²) >= 11 is 0. The van der Waals surface area contributed by atoms with Gasteiger partial charge >= 0.3 is 0 Å². The molecule has 0 atom stereocenters. The molecule has 2 aromatic carbocycles. The Morgan fingerprint density at radius 3 is 2.26 bits per heavy atom. The van der Waals surface area contributed by atoms with Crippen LogP contribution in [0.5, 0.6) is 5.75 Å². The van der Waals surface area contributed by atoms with Gasteiger partial charge in [0.2, 0.25) is 11.2 Å². The molecule has 1 heterocycles. The fraction of sp³-hybridized carbons (Fsp3) is 0.423. The molecule has 3 rings (SSSR count). The van der Waals surface area contributed by atoms with Gasteiger partial charge < -0.3 is 19.2 Å². The van der Waals surface area contributed by atoms with E-state index in [4.69, 9.17) is 9.15 Å². The van der Waals surface area contributed by atoms with Crippen molar-refractivity contribution in [1.82, 2.24) is 0 Å². The van der Waals surface area contributed by atoms with Crippen molar-refractivity contribution in [3.8, 4) is 17.1 Å². The maximum Gasteiger partial charge on any atom is 0.235 e. The molecule has 0 radical (unpaired) electrons. The van der Waals surface area contributed by atoms with Crippen LogP contribution in [0.4, 0.5) is 5.69 Å². The predicted octanol–water partition coefficient (Wildman–Crippen LogP) is 6.11. The standard InChI is InChI=1S/C26H33NO4/c1-4-7-15-27(16-8-5-2)21-12-10-20(11-13-21)26-25(29)24(28)22-17-19(18-30-6-3)9-14-23(22)31-26/h9-14,17,29H,4-8,15-16,18H2,1-3H3. The summed E-state index contributed by atoms with van der Waals surface area (Å²) in [5.41, 5.74) is 2.73. The van der Waals surface area contributed by atoms with E-state index in [1.807, 2.05) is 37.3 Å². The molecule has 1 N–H and O–H groups in total. The van der Waals surface area contributed by atoms with E-state index in [9.17, 15) is 9.90 Å². The van der Waals surface area contributed by atoms with Gasteiger partial charge in [0.15, 0.2) is 5.76 Å². The van der Waals surface area contributed by atoms with Gasteiger partial charge in [-0.3, -0.25) is 4.79 Å². The van der Waals surface area contributed by atoms with Crippen LogP contribution in [-0.2, 0) is 11.3 Å². The zero-order valence-electron chi connectivity index (χ0n) is 18.8. The molecule has 0 saturated heterocycles. The molecule has 0 bridgehead atoms. The fourth-order valence-corrected chi connectivity index (χ4v) is 3.63. The molecular weight excluding hydrogens is 390 g/mol. The molecular formula is C26H33NO4. The molecule has 0 aliphatic rings. The number of hydrogen-bond donors (Lipinski definition) is 1. The molecule has 0 spiro atoms. The van der Waals surface area contributed by atoms with Gasteiger partial charge in [-0.15, -0.1) is 0 Å². The predicted molar refractivity (Wildman–Crippen MR) is 127 cm³/mol. The Balaban J connectivity index is 1.92. The lowest BCUT2D eigenvalue weighted by atomic mass is 10.1. The zero-order chi connectivity index (χ0) is 22.2. The van der Waals surface area contributed by atoms with Gasteiger partial charge in [-0.05, 0) is 61.7 Å². The van der Waals surface area contributed by atoms with E-state index in [0.29, 0.717) is 29.7 Å². The Kier molecular flexibility index (Phi) is 8.13. The smallest absolute Gasteiger partial charge is 0.235 e. The van der Waals surface area contributed by atoms with E-state index < -0.39 is 5.43 Å². The topological polar surface area (TPSA) is 62.9 Å². The van der Waals surface area contributed by atoms with Crippen LogP contribution in [-0.4, -0.2) is 24.8 Å². The third-order valence-corrected chi connectivity index (χ3v) is 5.46. The number of hydrogen-bond acceptors (Lipinski definition) is 5. The molecule has 0 fully saturated rings. The second-order valence-electron chi connectivity index (χ2n) is 7.82. The maximum absolute atomic E-state index is 12.8. The summed E-state index contributed by atoms with van der Waals surface area (Å²) in [5.74, 6) is -0.155. The Morgan fingerprint density at radius 1 is 0.968 bits per heavy atom. The van der Waals surface area contributed by atoms with Crippen molar-refractivity contribution in [2.75, 3.05) is 24.6 Å². The first-order valence-corrected chi connectivity index (χ1v) is 11.3. The highest BCUT2D eigenvalue weighted by Crippen LogP contribution is 2.31. The quantitative estimate of drug-likeness (QED) is 0.403. The largest absolute Gasteiger partial charge is 0.502 e. The van der Waals surface area contributed by atoms with Crippen LogP contribution >= 0.6 is 0 Å². The van der Waals surface area contributed by atoms with Crippen LogP contribution in [0, 0.1) is 0 Å². The van der Waals surface area contributed by atoms with Gasteiger partial charge in [-0.1, -0.05) is 32.8 Å². The molecule has 5 nitrogen and oxygen atoms in total. The minimum absolute atomic E-state index is 0.204. The number of rotatable bonds is 11. The average Bonchev–Trinajstić information content (AvgIpc) is 2.80. The normalized spacial score (nSPS) is 11.2. The van der Waals surface area contributed by atoms with Gasteiger partial charge in [-0.25, -0.2) is 0 Å². The first kappa shape index (κ1) is 22.9. The summed E-state index contributed by atoms with van der Waals surface area (Å²) in [5, 5.41) is 10.9. The summed E-state index contributed by atoms with van der Waals surface area (Å²) in [4.78, 5) is 15.2. The Morgan fingerprint density at radius 2 is 1.65 bits per heavy atom. The molecule has 166 valence electrons. The van der Waals surface area contributed by atoms with Crippen molar-refractivity contribution >= 4 is 16.7 Å². The number of ether oxygens (including phenoxy) is 1. The van der Waals surface area contributed by atoms with Gasteiger partial charge in [0.05, 0.1) is 12.0 Å². The Hall–Kier alpha value is -2.79. The SMILES string of the molecule is CCCCN(CCCC)c1ccc(-c2oc3ccc(COCC)cc3c(=O)c2O)cc1.